The van der Waals surface area contributed by atoms with Crippen LogP contribution >= 0.6 is 11.6 Å². The minimum absolute atomic E-state index is 0.0286. The first-order valence-corrected chi connectivity index (χ1v) is 10.9. The molecule has 1 saturated heterocycles. The van der Waals surface area contributed by atoms with Crippen molar-refractivity contribution in [1.82, 2.24) is 0 Å². The SMILES string of the molecule is CCCOc1cccc(/C(O)=C2\C(=O)C(=O)N(c3cccc(Cl)c3)C2c2cccc(O)c2)c1. The van der Waals surface area contributed by atoms with Crippen molar-refractivity contribution in [3.8, 4) is 11.5 Å². The van der Waals surface area contributed by atoms with E-state index in [1.165, 1.54) is 17.0 Å². The number of rotatable bonds is 6. The number of carbonyl (C=O) groups is 2. The van der Waals surface area contributed by atoms with E-state index >= 15 is 0 Å². The summed E-state index contributed by atoms with van der Waals surface area (Å²) >= 11 is 6.14. The molecule has 3 aromatic carbocycles. The van der Waals surface area contributed by atoms with Crippen molar-refractivity contribution in [2.24, 2.45) is 0 Å². The molecule has 1 fully saturated rings. The first kappa shape index (κ1) is 22.4. The second-order valence-electron chi connectivity index (χ2n) is 7.62. The number of aliphatic hydroxyl groups excluding tert-OH is 1. The molecule has 0 spiro atoms. The Morgan fingerprint density at radius 2 is 1.79 bits per heavy atom. The maximum atomic E-state index is 13.2. The molecule has 0 saturated carbocycles. The third kappa shape index (κ3) is 4.43. The Balaban J connectivity index is 1.90. The lowest BCUT2D eigenvalue weighted by Crippen LogP contribution is -2.29. The fraction of sp³-hybridized carbons (Fsp3) is 0.154. The predicted molar refractivity (Wildman–Crippen MR) is 127 cm³/mol. The third-order valence-corrected chi connectivity index (χ3v) is 5.53. The van der Waals surface area contributed by atoms with Crippen LogP contribution in [0.25, 0.3) is 5.76 Å². The number of aromatic hydroxyl groups is 1. The van der Waals surface area contributed by atoms with Crippen LogP contribution in [-0.2, 0) is 9.59 Å². The van der Waals surface area contributed by atoms with E-state index < -0.39 is 17.7 Å². The van der Waals surface area contributed by atoms with Crippen LogP contribution in [-0.4, -0.2) is 28.5 Å². The standard InChI is InChI=1S/C26H22ClNO5/c1-2-12-33-21-11-4-7-17(14-21)24(30)22-23(16-6-3-10-20(29)13-16)28(26(32)25(22)31)19-9-5-8-18(27)15-19/h3-11,13-15,23,29-30H,2,12H2,1H3/b24-22+. The molecule has 2 N–H and O–H groups in total. The molecular formula is C26H22ClNO5. The average Bonchev–Trinajstić information content (AvgIpc) is 3.08. The lowest BCUT2D eigenvalue weighted by atomic mass is 9.95. The van der Waals surface area contributed by atoms with E-state index in [9.17, 15) is 19.8 Å². The molecule has 0 bridgehead atoms. The van der Waals surface area contributed by atoms with Gasteiger partial charge in [-0.15, -0.1) is 0 Å². The summed E-state index contributed by atoms with van der Waals surface area (Å²) in [5.41, 5.74) is 1.13. The van der Waals surface area contributed by atoms with Crippen molar-refractivity contribution in [1.29, 1.82) is 0 Å². The summed E-state index contributed by atoms with van der Waals surface area (Å²) in [7, 11) is 0. The molecule has 3 aromatic rings. The first-order valence-electron chi connectivity index (χ1n) is 10.5. The molecule has 1 aliphatic rings. The fourth-order valence-corrected chi connectivity index (χ4v) is 4.03. The van der Waals surface area contributed by atoms with E-state index in [0.29, 0.717) is 34.2 Å². The van der Waals surface area contributed by atoms with E-state index in [1.807, 2.05) is 6.92 Å². The highest BCUT2D eigenvalue weighted by atomic mass is 35.5. The van der Waals surface area contributed by atoms with E-state index in [-0.39, 0.29) is 17.1 Å². The number of nitrogens with zero attached hydrogens (tertiary/aromatic N) is 1. The normalized spacial score (nSPS) is 17.4. The molecule has 33 heavy (non-hydrogen) atoms. The quantitative estimate of drug-likeness (QED) is 0.288. The number of Topliss-reactive ketones (excluding diaryl/α,β-unsaturated/α-hetero) is 1. The van der Waals surface area contributed by atoms with E-state index in [0.717, 1.165) is 6.42 Å². The summed E-state index contributed by atoms with van der Waals surface area (Å²) in [6.07, 6.45) is 0.818. The molecule has 0 aliphatic carbocycles. The van der Waals surface area contributed by atoms with Gasteiger partial charge in [0.15, 0.2) is 0 Å². The van der Waals surface area contributed by atoms with Crippen molar-refractivity contribution in [2.75, 3.05) is 11.5 Å². The van der Waals surface area contributed by atoms with Crippen molar-refractivity contribution in [3.05, 3.63) is 94.5 Å². The zero-order valence-corrected chi connectivity index (χ0v) is 18.6. The number of amides is 1. The summed E-state index contributed by atoms with van der Waals surface area (Å²) in [4.78, 5) is 27.6. The Labute approximate surface area is 196 Å². The van der Waals surface area contributed by atoms with Crippen LogP contribution in [0.15, 0.2) is 78.4 Å². The second-order valence-corrected chi connectivity index (χ2v) is 8.06. The van der Waals surface area contributed by atoms with Gasteiger partial charge in [0.2, 0.25) is 0 Å². The molecular weight excluding hydrogens is 442 g/mol. The maximum absolute atomic E-state index is 13.2. The highest BCUT2D eigenvalue weighted by Gasteiger charge is 2.47. The number of anilines is 1. The molecule has 6 nitrogen and oxygen atoms in total. The van der Waals surface area contributed by atoms with E-state index in [2.05, 4.69) is 0 Å². The minimum atomic E-state index is -0.962. The monoisotopic (exact) mass is 463 g/mol. The van der Waals surface area contributed by atoms with Gasteiger partial charge < -0.3 is 14.9 Å². The molecule has 4 rings (SSSR count). The van der Waals surface area contributed by atoms with Gasteiger partial charge in [-0.05, 0) is 54.4 Å². The zero-order chi connectivity index (χ0) is 23.5. The maximum Gasteiger partial charge on any atom is 0.300 e. The molecule has 1 atom stereocenters. The van der Waals surface area contributed by atoms with Crippen LogP contribution in [0.4, 0.5) is 5.69 Å². The smallest absolute Gasteiger partial charge is 0.300 e. The lowest BCUT2D eigenvalue weighted by molar-refractivity contribution is -0.132. The number of hydrogen-bond donors (Lipinski definition) is 2. The second kappa shape index (κ2) is 9.38. The summed E-state index contributed by atoms with van der Waals surface area (Å²) in [6, 6.07) is 18.6. The Kier molecular flexibility index (Phi) is 6.38. The van der Waals surface area contributed by atoms with Crippen molar-refractivity contribution < 1.29 is 24.5 Å². The highest BCUT2D eigenvalue weighted by Crippen LogP contribution is 2.43. The van der Waals surface area contributed by atoms with Gasteiger partial charge in [0.25, 0.3) is 11.7 Å². The Morgan fingerprint density at radius 3 is 2.52 bits per heavy atom. The number of carbonyl (C=O) groups excluding carboxylic acids is 2. The molecule has 1 aliphatic heterocycles. The highest BCUT2D eigenvalue weighted by molar-refractivity contribution is 6.51. The number of phenols is 1. The number of aliphatic hydroxyl groups is 1. The van der Waals surface area contributed by atoms with Gasteiger partial charge in [0, 0.05) is 16.3 Å². The van der Waals surface area contributed by atoms with Crippen LogP contribution in [0.1, 0.15) is 30.5 Å². The molecule has 1 heterocycles. The van der Waals surface area contributed by atoms with Gasteiger partial charge >= 0.3 is 0 Å². The lowest BCUT2D eigenvalue weighted by Gasteiger charge is -2.25. The Morgan fingerprint density at radius 1 is 1.03 bits per heavy atom. The first-order chi connectivity index (χ1) is 15.9. The molecule has 0 radical (unpaired) electrons. The van der Waals surface area contributed by atoms with Crippen LogP contribution < -0.4 is 9.64 Å². The molecule has 0 aromatic heterocycles. The van der Waals surface area contributed by atoms with Crippen molar-refractivity contribution >= 4 is 34.7 Å². The summed E-state index contributed by atoms with van der Waals surface area (Å²) in [6.45, 7) is 2.49. The average molecular weight is 464 g/mol. The minimum Gasteiger partial charge on any atom is -0.508 e. The third-order valence-electron chi connectivity index (χ3n) is 5.30. The number of phenolic OH excluding ortho intramolecular Hbond substituents is 1. The number of halogens is 1. The molecule has 7 heteroatoms. The molecule has 1 amide bonds. The van der Waals surface area contributed by atoms with Gasteiger partial charge in [0.1, 0.15) is 17.3 Å². The number of hydrogen-bond acceptors (Lipinski definition) is 5. The largest absolute Gasteiger partial charge is 0.508 e. The number of ether oxygens (including phenoxy) is 1. The Bertz CT molecular complexity index is 1250. The van der Waals surface area contributed by atoms with Crippen LogP contribution in [0.5, 0.6) is 11.5 Å². The van der Waals surface area contributed by atoms with Gasteiger partial charge in [-0.2, -0.15) is 0 Å². The molecule has 168 valence electrons. The van der Waals surface area contributed by atoms with Crippen molar-refractivity contribution in [3.63, 3.8) is 0 Å². The van der Waals surface area contributed by atoms with Gasteiger partial charge in [-0.1, -0.05) is 48.9 Å². The van der Waals surface area contributed by atoms with Crippen LogP contribution in [0.2, 0.25) is 5.02 Å². The van der Waals surface area contributed by atoms with Crippen LogP contribution in [0.3, 0.4) is 0 Å². The summed E-state index contributed by atoms with van der Waals surface area (Å²) < 4.78 is 5.64. The fourth-order valence-electron chi connectivity index (χ4n) is 3.84. The van der Waals surface area contributed by atoms with Gasteiger partial charge in [0.05, 0.1) is 18.2 Å². The summed E-state index contributed by atoms with van der Waals surface area (Å²) in [5, 5.41) is 21.7. The number of benzene rings is 3. The van der Waals surface area contributed by atoms with E-state index in [1.54, 1.807) is 60.7 Å². The number of ketones is 1. The molecule has 1 unspecified atom stereocenters. The topological polar surface area (TPSA) is 87.1 Å². The summed E-state index contributed by atoms with van der Waals surface area (Å²) in [5.74, 6) is -1.45. The van der Waals surface area contributed by atoms with Crippen LogP contribution in [0, 0.1) is 0 Å². The zero-order valence-electron chi connectivity index (χ0n) is 17.9. The predicted octanol–water partition coefficient (Wildman–Crippen LogP) is 5.46. The van der Waals surface area contributed by atoms with E-state index in [4.69, 9.17) is 16.3 Å². The van der Waals surface area contributed by atoms with Crippen molar-refractivity contribution in [2.45, 2.75) is 19.4 Å². The van der Waals surface area contributed by atoms with Gasteiger partial charge in [-0.3, -0.25) is 14.5 Å². The van der Waals surface area contributed by atoms with Gasteiger partial charge in [-0.25, -0.2) is 0 Å². The Hall–Kier alpha value is -3.77.